The fraction of sp³-hybridized carbons (Fsp3) is 0.182. The van der Waals surface area contributed by atoms with Crippen molar-refractivity contribution in [2.45, 2.75) is 0 Å². The van der Waals surface area contributed by atoms with Gasteiger partial charge in [0.05, 0.1) is 12.8 Å². The summed E-state index contributed by atoms with van der Waals surface area (Å²) in [4.78, 5) is 4.05. The Balaban J connectivity index is 2.25. The van der Waals surface area contributed by atoms with Crippen LogP contribution < -0.4 is 15.2 Å². The van der Waals surface area contributed by atoms with Gasteiger partial charge in [-0.05, 0) is 12.1 Å². The molecule has 0 aliphatic rings. The Bertz CT molecular complexity index is 494. The first-order valence-corrected chi connectivity index (χ1v) is 4.79. The van der Waals surface area contributed by atoms with Gasteiger partial charge in [-0.15, -0.1) is 0 Å². The molecular weight excluding hydrogens is 206 g/mol. The number of methoxy groups -OCH3 is 1. The monoisotopic (exact) mass is 219 g/mol. The number of hydrogen-bond acceptors (Lipinski definition) is 4. The molecule has 1 heterocycles. The minimum Gasteiger partial charge on any atom is -0.497 e. The number of anilines is 1. The summed E-state index contributed by atoms with van der Waals surface area (Å²) in [7, 11) is 3.44. The van der Waals surface area contributed by atoms with E-state index in [1.807, 2.05) is 7.05 Å². The van der Waals surface area contributed by atoms with Gasteiger partial charge in [-0.2, -0.15) is 0 Å². The zero-order chi connectivity index (χ0) is 11.5. The molecule has 16 heavy (non-hydrogen) atoms. The average Bonchev–Trinajstić information content (AvgIpc) is 2.67. The molecule has 0 saturated heterocycles. The molecule has 0 amide bonds. The Morgan fingerprint density at radius 2 is 2.19 bits per heavy atom. The molecule has 0 unspecified atom stereocenters. The third-order valence-electron chi connectivity index (χ3n) is 2.20. The molecule has 84 valence electrons. The molecule has 2 N–H and O–H groups in total. The molecule has 0 radical (unpaired) electrons. The van der Waals surface area contributed by atoms with E-state index in [-0.39, 0.29) is 0 Å². The van der Waals surface area contributed by atoms with E-state index in [4.69, 9.17) is 15.2 Å². The molecule has 0 fully saturated rings. The number of imidazole rings is 1. The maximum atomic E-state index is 5.82. The summed E-state index contributed by atoms with van der Waals surface area (Å²) in [5, 5.41) is 0. The first kappa shape index (κ1) is 10.4. The lowest BCUT2D eigenvalue weighted by Crippen LogP contribution is -1.97. The lowest BCUT2D eigenvalue weighted by atomic mass is 10.3. The molecule has 1 aromatic heterocycles. The molecule has 0 aliphatic carbocycles. The van der Waals surface area contributed by atoms with Gasteiger partial charge in [-0.25, -0.2) is 4.98 Å². The van der Waals surface area contributed by atoms with Gasteiger partial charge in [0.1, 0.15) is 5.75 Å². The quantitative estimate of drug-likeness (QED) is 0.799. The summed E-state index contributed by atoms with van der Waals surface area (Å²) in [6, 6.07) is 5.74. The second-order valence-corrected chi connectivity index (χ2v) is 3.33. The number of hydrogen-bond donors (Lipinski definition) is 1. The van der Waals surface area contributed by atoms with Crippen LogP contribution in [0, 0.1) is 0 Å². The fourth-order valence-electron chi connectivity index (χ4n) is 1.30. The van der Waals surface area contributed by atoms with Crippen molar-refractivity contribution >= 4 is 5.69 Å². The zero-order valence-electron chi connectivity index (χ0n) is 9.18. The van der Waals surface area contributed by atoms with E-state index in [9.17, 15) is 0 Å². The number of rotatable bonds is 3. The van der Waals surface area contributed by atoms with Crippen LogP contribution in [0.4, 0.5) is 5.69 Å². The summed E-state index contributed by atoms with van der Waals surface area (Å²) >= 11 is 0. The van der Waals surface area contributed by atoms with Gasteiger partial charge in [0, 0.05) is 25.5 Å². The molecule has 0 spiro atoms. The Morgan fingerprint density at radius 1 is 1.38 bits per heavy atom. The molecule has 1 aromatic carbocycles. The second kappa shape index (κ2) is 4.14. The Morgan fingerprint density at radius 3 is 2.75 bits per heavy atom. The maximum Gasteiger partial charge on any atom is 0.301 e. The number of benzene rings is 1. The average molecular weight is 219 g/mol. The van der Waals surface area contributed by atoms with E-state index in [1.54, 1.807) is 42.3 Å². The molecule has 0 saturated carbocycles. The van der Waals surface area contributed by atoms with Gasteiger partial charge in [0.15, 0.2) is 5.75 Å². The minimum atomic E-state index is 0.497. The van der Waals surface area contributed by atoms with Crippen molar-refractivity contribution in [1.29, 1.82) is 0 Å². The summed E-state index contributed by atoms with van der Waals surface area (Å²) in [5.41, 5.74) is 6.34. The third kappa shape index (κ3) is 1.93. The highest BCUT2D eigenvalue weighted by Gasteiger charge is 2.06. The van der Waals surface area contributed by atoms with Gasteiger partial charge in [0.25, 0.3) is 0 Å². The number of nitrogens with zero attached hydrogens (tertiary/aromatic N) is 2. The molecule has 0 atom stereocenters. The van der Waals surface area contributed by atoms with Crippen LogP contribution >= 0.6 is 0 Å². The smallest absolute Gasteiger partial charge is 0.301 e. The van der Waals surface area contributed by atoms with Crippen molar-refractivity contribution in [2.24, 2.45) is 7.05 Å². The molecule has 5 nitrogen and oxygen atoms in total. The highest BCUT2D eigenvalue weighted by molar-refractivity contribution is 5.56. The predicted octanol–water partition coefficient (Wildman–Crippen LogP) is 1.80. The molecule has 2 aromatic rings. The van der Waals surface area contributed by atoms with Crippen LogP contribution in [0.25, 0.3) is 0 Å². The van der Waals surface area contributed by atoms with E-state index >= 15 is 0 Å². The fourth-order valence-corrected chi connectivity index (χ4v) is 1.30. The van der Waals surface area contributed by atoms with E-state index in [2.05, 4.69) is 4.98 Å². The van der Waals surface area contributed by atoms with Gasteiger partial charge in [-0.3, -0.25) is 0 Å². The van der Waals surface area contributed by atoms with Crippen molar-refractivity contribution in [3.63, 3.8) is 0 Å². The molecular formula is C11H13N3O2. The number of ether oxygens (including phenoxy) is 2. The molecule has 0 bridgehead atoms. The van der Waals surface area contributed by atoms with Crippen molar-refractivity contribution < 1.29 is 9.47 Å². The lowest BCUT2D eigenvalue weighted by Gasteiger charge is -2.08. The van der Waals surface area contributed by atoms with Crippen molar-refractivity contribution in [3.8, 4) is 17.5 Å². The van der Waals surface area contributed by atoms with Crippen LogP contribution in [0.3, 0.4) is 0 Å². The third-order valence-corrected chi connectivity index (χ3v) is 2.20. The van der Waals surface area contributed by atoms with Gasteiger partial charge >= 0.3 is 6.01 Å². The number of aromatic nitrogens is 2. The van der Waals surface area contributed by atoms with Crippen LogP contribution in [-0.2, 0) is 7.05 Å². The van der Waals surface area contributed by atoms with Crippen LogP contribution in [0.1, 0.15) is 0 Å². The maximum absolute atomic E-state index is 5.82. The van der Waals surface area contributed by atoms with Crippen molar-refractivity contribution in [3.05, 3.63) is 30.6 Å². The SMILES string of the molecule is COc1ccc(Oc2nccn2C)c(N)c1. The van der Waals surface area contributed by atoms with Gasteiger partial charge in [0.2, 0.25) is 0 Å². The van der Waals surface area contributed by atoms with E-state index < -0.39 is 0 Å². The normalized spacial score (nSPS) is 10.1. The Labute approximate surface area is 93.4 Å². The first-order valence-electron chi connectivity index (χ1n) is 4.79. The van der Waals surface area contributed by atoms with Crippen LogP contribution in [0.5, 0.6) is 17.5 Å². The van der Waals surface area contributed by atoms with Crippen LogP contribution in [0.15, 0.2) is 30.6 Å². The van der Waals surface area contributed by atoms with Crippen LogP contribution in [-0.4, -0.2) is 16.7 Å². The summed E-state index contributed by atoms with van der Waals surface area (Å²) in [6.07, 6.45) is 3.46. The summed E-state index contributed by atoms with van der Waals surface area (Å²) < 4.78 is 12.4. The predicted molar refractivity (Wildman–Crippen MR) is 60.7 cm³/mol. The lowest BCUT2D eigenvalue weighted by molar-refractivity contribution is 0.409. The van der Waals surface area contributed by atoms with Crippen molar-refractivity contribution in [2.75, 3.05) is 12.8 Å². The Kier molecular flexibility index (Phi) is 2.68. The second-order valence-electron chi connectivity index (χ2n) is 3.33. The summed E-state index contributed by atoms with van der Waals surface area (Å²) in [5.74, 6) is 1.26. The first-order chi connectivity index (χ1) is 7.70. The molecule has 5 heteroatoms. The number of nitrogens with two attached hydrogens (primary N) is 1. The number of aryl methyl sites for hydroxylation is 1. The zero-order valence-corrected chi connectivity index (χ0v) is 9.18. The van der Waals surface area contributed by atoms with Crippen molar-refractivity contribution in [1.82, 2.24) is 9.55 Å². The van der Waals surface area contributed by atoms with E-state index in [0.717, 1.165) is 0 Å². The number of nitrogen functional groups attached to an aromatic ring is 1. The van der Waals surface area contributed by atoms with E-state index in [0.29, 0.717) is 23.2 Å². The van der Waals surface area contributed by atoms with Gasteiger partial charge < -0.3 is 19.8 Å². The van der Waals surface area contributed by atoms with E-state index in [1.165, 1.54) is 0 Å². The highest BCUT2D eigenvalue weighted by Crippen LogP contribution is 2.29. The Hall–Kier alpha value is -2.17. The topological polar surface area (TPSA) is 62.3 Å². The largest absolute Gasteiger partial charge is 0.497 e. The van der Waals surface area contributed by atoms with Crippen LogP contribution in [0.2, 0.25) is 0 Å². The minimum absolute atomic E-state index is 0.497. The standard InChI is InChI=1S/C11H13N3O2/c1-14-6-5-13-11(14)16-10-4-3-8(15-2)7-9(10)12/h3-7H,12H2,1-2H3. The van der Waals surface area contributed by atoms with Gasteiger partial charge in [-0.1, -0.05) is 0 Å². The molecule has 0 aliphatic heterocycles. The molecule has 2 rings (SSSR count). The summed E-state index contributed by atoms with van der Waals surface area (Å²) in [6.45, 7) is 0. The highest BCUT2D eigenvalue weighted by atomic mass is 16.5.